The van der Waals surface area contributed by atoms with Crippen molar-refractivity contribution in [2.75, 3.05) is 31.1 Å². The molecular formula is C24H22Cl2N2O. The molecule has 1 aliphatic rings. The van der Waals surface area contributed by atoms with Crippen LogP contribution in [-0.2, 0) is 6.54 Å². The number of hydrogen-bond acceptors (Lipinski definition) is 3. The van der Waals surface area contributed by atoms with Gasteiger partial charge < -0.3 is 4.90 Å². The van der Waals surface area contributed by atoms with E-state index in [9.17, 15) is 4.79 Å². The Kier molecular flexibility index (Phi) is 6.19. The van der Waals surface area contributed by atoms with E-state index in [0.717, 1.165) is 44.6 Å². The summed E-state index contributed by atoms with van der Waals surface area (Å²) in [4.78, 5) is 15.7. The van der Waals surface area contributed by atoms with Gasteiger partial charge in [0.25, 0.3) is 0 Å². The average Bonchev–Trinajstić information content (AvgIpc) is 2.77. The normalized spacial score (nSPS) is 14.8. The smallest absolute Gasteiger partial charge is 0.150 e. The molecule has 0 N–H and O–H groups in total. The molecule has 0 spiro atoms. The predicted molar refractivity (Wildman–Crippen MR) is 121 cm³/mol. The third kappa shape index (κ3) is 4.64. The molecule has 1 saturated heterocycles. The van der Waals surface area contributed by atoms with Crippen molar-refractivity contribution in [3.05, 3.63) is 87.9 Å². The molecule has 1 heterocycles. The number of halogens is 2. The number of hydrogen-bond donors (Lipinski definition) is 0. The Morgan fingerprint density at radius 2 is 1.55 bits per heavy atom. The highest BCUT2D eigenvalue weighted by Gasteiger charge is 2.18. The summed E-state index contributed by atoms with van der Waals surface area (Å²) < 4.78 is 0. The highest BCUT2D eigenvalue weighted by Crippen LogP contribution is 2.31. The molecule has 0 bridgehead atoms. The van der Waals surface area contributed by atoms with Crippen LogP contribution in [0.5, 0.6) is 0 Å². The Morgan fingerprint density at radius 1 is 0.828 bits per heavy atom. The van der Waals surface area contributed by atoms with Gasteiger partial charge in [0.2, 0.25) is 0 Å². The van der Waals surface area contributed by atoms with Crippen molar-refractivity contribution < 1.29 is 4.79 Å². The molecule has 0 unspecified atom stereocenters. The number of benzene rings is 3. The van der Waals surface area contributed by atoms with Gasteiger partial charge in [-0.15, -0.1) is 0 Å². The van der Waals surface area contributed by atoms with E-state index in [0.29, 0.717) is 15.6 Å². The fourth-order valence-electron chi connectivity index (χ4n) is 3.77. The van der Waals surface area contributed by atoms with Crippen molar-refractivity contribution in [2.45, 2.75) is 6.54 Å². The zero-order chi connectivity index (χ0) is 20.2. The minimum atomic E-state index is 0.574. The Bertz CT molecular complexity index is 996. The first-order chi connectivity index (χ1) is 14.1. The molecule has 0 aromatic heterocycles. The van der Waals surface area contributed by atoms with Crippen molar-refractivity contribution in [2.24, 2.45) is 0 Å². The lowest BCUT2D eigenvalue weighted by Crippen LogP contribution is -2.46. The molecular weight excluding hydrogens is 403 g/mol. The van der Waals surface area contributed by atoms with E-state index in [1.54, 1.807) is 0 Å². The minimum Gasteiger partial charge on any atom is -0.369 e. The first kappa shape index (κ1) is 20.0. The van der Waals surface area contributed by atoms with Crippen LogP contribution in [0.15, 0.2) is 66.7 Å². The van der Waals surface area contributed by atoms with Gasteiger partial charge in [0, 0.05) is 44.0 Å². The van der Waals surface area contributed by atoms with Gasteiger partial charge >= 0.3 is 0 Å². The van der Waals surface area contributed by atoms with Gasteiger partial charge in [-0.3, -0.25) is 9.69 Å². The number of aldehydes is 1. The number of carbonyl (C=O) groups excluding carboxylic acids is 1. The quantitative estimate of drug-likeness (QED) is 0.483. The number of piperazine rings is 1. The minimum absolute atomic E-state index is 0.574. The zero-order valence-electron chi connectivity index (χ0n) is 16.0. The molecule has 3 nitrogen and oxygen atoms in total. The van der Waals surface area contributed by atoms with Gasteiger partial charge in [-0.2, -0.15) is 0 Å². The molecule has 0 aliphatic carbocycles. The van der Waals surface area contributed by atoms with E-state index in [2.05, 4.69) is 34.1 Å². The van der Waals surface area contributed by atoms with E-state index in [1.165, 1.54) is 16.8 Å². The summed E-state index contributed by atoms with van der Waals surface area (Å²) in [5, 5.41) is 1.15. The Hall–Kier alpha value is -2.33. The van der Waals surface area contributed by atoms with E-state index < -0.39 is 0 Å². The lowest BCUT2D eigenvalue weighted by Gasteiger charge is -2.36. The van der Waals surface area contributed by atoms with Crippen molar-refractivity contribution in [3.63, 3.8) is 0 Å². The number of rotatable bonds is 5. The molecule has 0 amide bonds. The van der Waals surface area contributed by atoms with Crippen LogP contribution in [0, 0.1) is 0 Å². The number of carbonyl (C=O) groups is 1. The van der Waals surface area contributed by atoms with Crippen LogP contribution in [0.1, 0.15) is 15.9 Å². The monoisotopic (exact) mass is 424 g/mol. The largest absolute Gasteiger partial charge is 0.369 e. The van der Waals surface area contributed by atoms with Crippen molar-refractivity contribution in [3.8, 4) is 11.1 Å². The van der Waals surface area contributed by atoms with E-state index in [-0.39, 0.29) is 0 Å². The highest BCUT2D eigenvalue weighted by molar-refractivity contribution is 6.42. The maximum absolute atomic E-state index is 10.8. The third-order valence-electron chi connectivity index (χ3n) is 5.41. The van der Waals surface area contributed by atoms with Crippen LogP contribution >= 0.6 is 23.2 Å². The fraction of sp³-hybridized carbons (Fsp3) is 0.208. The second kappa shape index (κ2) is 9.00. The molecule has 148 valence electrons. The SMILES string of the molecule is O=Cc1ccc(N2CCN(Cc3ccccc3-c3ccc(Cl)c(Cl)c3)CC2)cc1. The second-order valence-electron chi connectivity index (χ2n) is 7.26. The lowest BCUT2D eigenvalue weighted by molar-refractivity contribution is 0.112. The molecule has 0 saturated carbocycles. The van der Waals surface area contributed by atoms with Crippen molar-refractivity contribution in [1.82, 2.24) is 4.90 Å². The third-order valence-corrected chi connectivity index (χ3v) is 6.15. The van der Waals surface area contributed by atoms with Crippen LogP contribution in [0.25, 0.3) is 11.1 Å². The zero-order valence-corrected chi connectivity index (χ0v) is 17.5. The molecule has 0 atom stereocenters. The van der Waals surface area contributed by atoms with E-state index in [1.807, 2.05) is 42.5 Å². The summed E-state index contributed by atoms with van der Waals surface area (Å²) in [7, 11) is 0. The molecule has 0 radical (unpaired) electrons. The highest BCUT2D eigenvalue weighted by atomic mass is 35.5. The second-order valence-corrected chi connectivity index (χ2v) is 8.07. The molecule has 29 heavy (non-hydrogen) atoms. The van der Waals surface area contributed by atoms with Crippen LogP contribution in [0.2, 0.25) is 10.0 Å². The molecule has 5 heteroatoms. The first-order valence-corrected chi connectivity index (χ1v) is 10.5. The summed E-state index contributed by atoms with van der Waals surface area (Å²) >= 11 is 12.3. The maximum atomic E-state index is 10.8. The van der Waals surface area contributed by atoms with Gasteiger partial charge in [0.05, 0.1) is 10.0 Å². The van der Waals surface area contributed by atoms with Crippen molar-refractivity contribution >= 4 is 35.2 Å². The summed E-state index contributed by atoms with van der Waals surface area (Å²) in [6.07, 6.45) is 0.882. The topological polar surface area (TPSA) is 23.6 Å². The average molecular weight is 425 g/mol. The van der Waals surface area contributed by atoms with Gasteiger partial charge in [-0.25, -0.2) is 0 Å². The predicted octanol–water partition coefficient (Wildman–Crippen LogP) is 5.80. The maximum Gasteiger partial charge on any atom is 0.150 e. The molecule has 1 aliphatic heterocycles. The van der Waals surface area contributed by atoms with Crippen LogP contribution in [-0.4, -0.2) is 37.4 Å². The van der Waals surface area contributed by atoms with Gasteiger partial charge in [0.1, 0.15) is 6.29 Å². The number of nitrogens with zero attached hydrogens (tertiary/aromatic N) is 2. The molecule has 1 fully saturated rings. The molecule has 3 aromatic carbocycles. The number of anilines is 1. The lowest BCUT2D eigenvalue weighted by atomic mass is 9.99. The summed E-state index contributed by atoms with van der Waals surface area (Å²) in [6.45, 7) is 4.81. The van der Waals surface area contributed by atoms with Gasteiger partial charge in [0.15, 0.2) is 0 Å². The Labute approximate surface area is 181 Å². The Morgan fingerprint density at radius 3 is 2.24 bits per heavy atom. The Balaban J connectivity index is 1.44. The van der Waals surface area contributed by atoms with Crippen LogP contribution in [0.4, 0.5) is 5.69 Å². The summed E-state index contributed by atoms with van der Waals surface area (Å²) in [5.74, 6) is 0. The molecule has 3 aromatic rings. The molecule has 4 rings (SSSR count). The van der Waals surface area contributed by atoms with E-state index in [4.69, 9.17) is 23.2 Å². The fourth-order valence-corrected chi connectivity index (χ4v) is 4.07. The van der Waals surface area contributed by atoms with E-state index >= 15 is 0 Å². The van der Waals surface area contributed by atoms with Gasteiger partial charge in [-0.1, -0.05) is 53.5 Å². The van der Waals surface area contributed by atoms with Crippen LogP contribution in [0.3, 0.4) is 0 Å². The first-order valence-electron chi connectivity index (χ1n) is 9.70. The standard InChI is InChI=1S/C24H22Cl2N2O/c25-23-10-7-19(15-24(23)26)22-4-2-1-3-20(22)16-27-11-13-28(14-12-27)21-8-5-18(17-29)6-9-21/h1-10,15,17H,11-14,16H2. The summed E-state index contributed by atoms with van der Waals surface area (Å²) in [5.41, 5.74) is 5.45. The van der Waals surface area contributed by atoms with Crippen LogP contribution < -0.4 is 4.90 Å². The van der Waals surface area contributed by atoms with Crippen molar-refractivity contribution in [1.29, 1.82) is 0 Å². The van der Waals surface area contributed by atoms with Gasteiger partial charge in [-0.05, 0) is 53.1 Å². The summed E-state index contributed by atoms with van der Waals surface area (Å²) in [6, 6.07) is 22.1.